The quantitative estimate of drug-likeness (QED) is 0.320. The zero-order valence-corrected chi connectivity index (χ0v) is 17.9. The molecule has 31 heavy (non-hydrogen) atoms. The van der Waals surface area contributed by atoms with Crippen LogP contribution >= 0.6 is 23.4 Å². The third kappa shape index (κ3) is 5.28. The molecule has 0 fully saturated rings. The number of thioether (sulfide) groups is 1. The summed E-state index contributed by atoms with van der Waals surface area (Å²) in [6.07, 6.45) is 6.26. The molecule has 11 heteroatoms. The van der Waals surface area contributed by atoms with Gasteiger partial charge in [-0.25, -0.2) is 19.6 Å². The van der Waals surface area contributed by atoms with Crippen LogP contribution in [0.25, 0.3) is 11.0 Å². The SMILES string of the molecule is O=C(CSc1ncccn1)NCCn1ncc2c(=O)n(Cc3cccc(Cl)c3)cnc21. The maximum Gasteiger partial charge on any atom is 0.264 e. The molecule has 9 nitrogen and oxygen atoms in total. The maximum absolute atomic E-state index is 12.8. The summed E-state index contributed by atoms with van der Waals surface area (Å²) in [5.41, 5.74) is 1.21. The van der Waals surface area contributed by atoms with Gasteiger partial charge in [-0.1, -0.05) is 35.5 Å². The molecule has 0 bridgehead atoms. The largest absolute Gasteiger partial charge is 0.354 e. The van der Waals surface area contributed by atoms with Gasteiger partial charge in [0.2, 0.25) is 5.91 Å². The van der Waals surface area contributed by atoms with Crippen molar-refractivity contribution in [1.29, 1.82) is 0 Å². The highest BCUT2D eigenvalue weighted by Crippen LogP contribution is 2.12. The van der Waals surface area contributed by atoms with Gasteiger partial charge >= 0.3 is 0 Å². The Morgan fingerprint density at radius 1 is 1.16 bits per heavy atom. The van der Waals surface area contributed by atoms with Crippen LogP contribution in [0.1, 0.15) is 5.56 Å². The number of aromatic nitrogens is 6. The first-order valence-electron chi connectivity index (χ1n) is 9.42. The number of fused-ring (bicyclic) bond motifs is 1. The van der Waals surface area contributed by atoms with Crippen molar-refractivity contribution in [2.45, 2.75) is 18.2 Å². The third-order valence-corrected chi connectivity index (χ3v) is 5.50. The number of hydrogen-bond acceptors (Lipinski definition) is 7. The lowest BCUT2D eigenvalue weighted by molar-refractivity contribution is -0.118. The predicted molar refractivity (Wildman–Crippen MR) is 118 cm³/mol. The minimum absolute atomic E-state index is 0.134. The Morgan fingerprint density at radius 2 is 2.00 bits per heavy atom. The zero-order valence-electron chi connectivity index (χ0n) is 16.3. The van der Waals surface area contributed by atoms with Crippen LogP contribution in [0.2, 0.25) is 5.02 Å². The molecule has 3 heterocycles. The molecule has 0 spiro atoms. The Labute approximate surface area is 186 Å². The molecule has 0 saturated carbocycles. The van der Waals surface area contributed by atoms with Crippen LogP contribution in [0, 0.1) is 0 Å². The van der Waals surface area contributed by atoms with Gasteiger partial charge in [-0.15, -0.1) is 0 Å². The zero-order chi connectivity index (χ0) is 21.6. The summed E-state index contributed by atoms with van der Waals surface area (Å²) < 4.78 is 3.12. The van der Waals surface area contributed by atoms with E-state index < -0.39 is 0 Å². The van der Waals surface area contributed by atoms with Gasteiger partial charge in [-0.05, 0) is 23.8 Å². The van der Waals surface area contributed by atoms with Gasteiger partial charge in [0.25, 0.3) is 5.56 Å². The monoisotopic (exact) mass is 455 g/mol. The standard InChI is InChI=1S/C20H18ClN7O2S/c21-15-4-1-3-14(9-15)11-27-13-25-18-16(19(27)30)10-26-28(18)8-7-22-17(29)12-31-20-23-5-2-6-24-20/h1-6,9-10,13H,7-8,11-12H2,(H,22,29). The Hall–Kier alpha value is -3.24. The smallest absolute Gasteiger partial charge is 0.264 e. The molecule has 3 aromatic heterocycles. The number of rotatable bonds is 8. The number of amides is 1. The van der Waals surface area contributed by atoms with Crippen molar-refractivity contribution in [2.24, 2.45) is 0 Å². The number of benzene rings is 1. The molecule has 4 rings (SSSR count). The van der Waals surface area contributed by atoms with E-state index in [2.05, 4.69) is 25.4 Å². The summed E-state index contributed by atoms with van der Waals surface area (Å²) in [6.45, 7) is 1.12. The van der Waals surface area contributed by atoms with E-state index in [4.69, 9.17) is 11.6 Å². The summed E-state index contributed by atoms with van der Waals surface area (Å²) in [6, 6.07) is 9.06. The highest BCUT2D eigenvalue weighted by Gasteiger charge is 2.11. The molecule has 0 unspecified atom stereocenters. The first-order chi connectivity index (χ1) is 15.1. The average Bonchev–Trinajstić information content (AvgIpc) is 3.19. The van der Waals surface area contributed by atoms with Gasteiger partial charge in [0.05, 0.1) is 25.0 Å². The van der Waals surface area contributed by atoms with E-state index >= 15 is 0 Å². The minimum atomic E-state index is -0.181. The van der Waals surface area contributed by atoms with E-state index in [1.165, 1.54) is 28.9 Å². The molecule has 4 aromatic rings. The summed E-state index contributed by atoms with van der Waals surface area (Å²) >= 11 is 7.28. The van der Waals surface area contributed by atoms with Crippen LogP contribution in [-0.2, 0) is 17.9 Å². The minimum Gasteiger partial charge on any atom is -0.354 e. The summed E-state index contributed by atoms with van der Waals surface area (Å²) in [5, 5.41) is 8.66. The molecular weight excluding hydrogens is 438 g/mol. The van der Waals surface area contributed by atoms with Crippen LogP contribution in [0.3, 0.4) is 0 Å². The van der Waals surface area contributed by atoms with Crippen LogP contribution in [-0.4, -0.2) is 47.5 Å². The lowest BCUT2D eigenvalue weighted by Gasteiger charge is -2.08. The molecule has 1 N–H and O–H groups in total. The molecule has 0 atom stereocenters. The number of nitrogens with zero attached hydrogens (tertiary/aromatic N) is 6. The highest BCUT2D eigenvalue weighted by molar-refractivity contribution is 7.99. The van der Waals surface area contributed by atoms with Crippen molar-refractivity contribution in [3.05, 3.63) is 76.2 Å². The van der Waals surface area contributed by atoms with Gasteiger partial charge in [-0.3, -0.25) is 14.2 Å². The predicted octanol–water partition coefficient (Wildman–Crippen LogP) is 1.99. The number of carbonyl (C=O) groups is 1. The molecule has 1 aromatic carbocycles. The van der Waals surface area contributed by atoms with Gasteiger partial charge < -0.3 is 5.32 Å². The molecule has 1 amide bonds. The Morgan fingerprint density at radius 3 is 2.81 bits per heavy atom. The second-order valence-electron chi connectivity index (χ2n) is 6.58. The molecule has 0 saturated heterocycles. The van der Waals surface area contributed by atoms with Crippen molar-refractivity contribution in [3.63, 3.8) is 0 Å². The first kappa shape index (κ1) is 21.0. The highest BCUT2D eigenvalue weighted by atomic mass is 35.5. The van der Waals surface area contributed by atoms with Crippen LogP contribution in [0.4, 0.5) is 0 Å². The molecular formula is C20H18ClN7O2S. The number of hydrogen-bond donors (Lipinski definition) is 1. The fourth-order valence-electron chi connectivity index (χ4n) is 2.95. The molecule has 158 valence electrons. The topological polar surface area (TPSA) is 108 Å². The molecule has 0 aliphatic heterocycles. The third-order valence-electron chi connectivity index (χ3n) is 4.38. The van der Waals surface area contributed by atoms with Gasteiger partial charge in [0.15, 0.2) is 10.8 Å². The van der Waals surface area contributed by atoms with E-state index in [-0.39, 0.29) is 17.2 Å². The van der Waals surface area contributed by atoms with E-state index in [9.17, 15) is 9.59 Å². The summed E-state index contributed by atoms with van der Waals surface area (Å²) in [7, 11) is 0. The van der Waals surface area contributed by atoms with E-state index in [1.54, 1.807) is 29.2 Å². The average molecular weight is 456 g/mol. The summed E-state index contributed by atoms with van der Waals surface area (Å²) in [5.74, 6) is 0.0850. The number of nitrogens with one attached hydrogen (secondary N) is 1. The van der Waals surface area contributed by atoms with Gasteiger partial charge in [0, 0.05) is 24.0 Å². The fourth-order valence-corrected chi connectivity index (χ4v) is 3.79. The maximum atomic E-state index is 12.8. The number of halogens is 1. The summed E-state index contributed by atoms with van der Waals surface area (Å²) in [4.78, 5) is 37.3. The fraction of sp³-hybridized carbons (Fsp3) is 0.200. The van der Waals surface area contributed by atoms with Crippen molar-refractivity contribution < 1.29 is 4.79 Å². The van der Waals surface area contributed by atoms with E-state index in [0.29, 0.717) is 40.8 Å². The van der Waals surface area contributed by atoms with Crippen molar-refractivity contribution in [3.8, 4) is 0 Å². The van der Waals surface area contributed by atoms with Crippen molar-refractivity contribution in [2.75, 3.05) is 12.3 Å². The van der Waals surface area contributed by atoms with Gasteiger partial charge in [0.1, 0.15) is 11.7 Å². The number of carbonyl (C=O) groups excluding carboxylic acids is 1. The van der Waals surface area contributed by atoms with E-state index in [0.717, 1.165) is 5.56 Å². The first-order valence-corrected chi connectivity index (χ1v) is 10.8. The van der Waals surface area contributed by atoms with Crippen LogP contribution in [0.5, 0.6) is 0 Å². The Balaban J connectivity index is 1.36. The molecule has 0 aliphatic carbocycles. The van der Waals surface area contributed by atoms with Gasteiger partial charge in [-0.2, -0.15) is 5.10 Å². The van der Waals surface area contributed by atoms with E-state index in [1.807, 2.05) is 18.2 Å². The van der Waals surface area contributed by atoms with Crippen LogP contribution in [0.15, 0.2) is 65.2 Å². The molecule has 0 radical (unpaired) electrons. The lowest BCUT2D eigenvalue weighted by Crippen LogP contribution is -2.29. The second kappa shape index (κ2) is 9.71. The molecule has 0 aliphatic rings. The van der Waals surface area contributed by atoms with Crippen molar-refractivity contribution in [1.82, 2.24) is 34.6 Å². The second-order valence-corrected chi connectivity index (χ2v) is 7.96. The Bertz CT molecular complexity index is 1260. The van der Waals surface area contributed by atoms with Crippen LogP contribution < -0.4 is 10.9 Å². The van der Waals surface area contributed by atoms with Crippen molar-refractivity contribution >= 4 is 40.3 Å². The Kier molecular flexibility index (Phi) is 6.58. The lowest BCUT2D eigenvalue weighted by atomic mass is 10.2. The normalized spacial score (nSPS) is 11.0.